The van der Waals surface area contributed by atoms with Crippen LogP contribution in [0.4, 0.5) is 0 Å². The number of allylic oxidation sites excluding steroid dienone is 19. The van der Waals surface area contributed by atoms with Gasteiger partial charge in [-0.15, -0.1) is 0 Å². The lowest BCUT2D eigenvalue weighted by molar-refractivity contribution is -0.379. The van der Waals surface area contributed by atoms with Gasteiger partial charge in [0, 0.05) is 6.42 Å². The Labute approximate surface area is 576 Å². The van der Waals surface area contributed by atoms with Crippen LogP contribution in [-0.2, 0) is 33.2 Å². The van der Waals surface area contributed by atoms with Crippen molar-refractivity contribution in [1.29, 1.82) is 0 Å². The zero-order chi connectivity index (χ0) is 69.6. The molecule has 550 valence electrons. The van der Waals surface area contributed by atoms with Gasteiger partial charge in [0.05, 0.1) is 38.6 Å². The summed E-state index contributed by atoms with van der Waals surface area (Å²) >= 11 is 0. The minimum atomic E-state index is -1.99. The second kappa shape index (κ2) is 56.9. The molecule has 3 rings (SSSR count). The van der Waals surface area contributed by atoms with Crippen molar-refractivity contribution in [2.24, 2.45) is 0 Å². The molecule has 0 aliphatic carbocycles. The predicted molar refractivity (Wildman–Crippen MR) is 378 cm³/mol. The van der Waals surface area contributed by atoms with E-state index >= 15 is 0 Å². The first-order chi connectivity index (χ1) is 46.8. The van der Waals surface area contributed by atoms with E-state index in [0.29, 0.717) is 12.8 Å². The largest absolute Gasteiger partial charge is 0.394 e. The molecule has 0 saturated carbocycles. The van der Waals surface area contributed by atoms with E-state index in [1.807, 2.05) is 6.08 Å². The molecular weight excluding hydrogens is 1230 g/mol. The van der Waals surface area contributed by atoms with Crippen molar-refractivity contribution < 1.29 is 89.4 Å². The van der Waals surface area contributed by atoms with Gasteiger partial charge in [-0.3, -0.25) is 4.79 Å². The summed E-state index contributed by atoms with van der Waals surface area (Å²) in [6.07, 6.45) is 52.1. The van der Waals surface area contributed by atoms with Crippen LogP contribution in [0.5, 0.6) is 0 Å². The SMILES string of the molecule is CC/C=C\C/C=C\C/C=C\C/C=C\C/C=C\C/C=C\C/C=C\CCCCCCCCCCCCCCCCCCCC(=O)NC(COC1OC(CO)C(OC2OC(CO)C(OC3OC(CO)C(O)C(O)C3O)C(O)C2O)C(O)C1O)C(O)/C=C/CC/C=C/CC/C=C/CCCC. The molecule has 19 nitrogen and oxygen atoms in total. The molecule has 0 radical (unpaired) electrons. The van der Waals surface area contributed by atoms with Gasteiger partial charge in [-0.05, 0) is 96.3 Å². The number of ether oxygens (including phenoxy) is 6. The van der Waals surface area contributed by atoms with Crippen molar-refractivity contribution >= 4 is 5.91 Å². The number of hydrogen-bond donors (Lipinski definition) is 12. The monoisotopic (exact) mass is 1360 g/mol. The molecule has 96 heavy (non-hydrogen) atoms. The second-order valence-electron chi connectivity index (χ2n) is 25.6. The Hall–Kier alpha value is -3.81. The Bertz CT molecular complexity index is 2210. The maximum absolute atomic E-state index is 13.4. The summed E-state index contributed by atoms with van der Waals surface area (Å²) < 4.78 is 34.3. The topological polar surface area (TPSA) is 307 Å². The van der Waals surface area contributed by atoms with Gasteiger partial charge in [0.25, 0.3) is 0 Å². The Balaban J connectivity index is 1.31. The summed E-state index contributed by atoms with van der Waals surface area (Å²) in [4.78, 5) is 13.4. The fourth-order valence-corrected chi connectivity index (χ4v) is 11.5. The third-order valence-corrected chi connectivity index (χ3v) is 17.5. The third kappa shape index (κ3) is 37.6. The Morgan fingerprint density at radius 2 is 0.729 bits per heavy atom. The van der Waals surface area contributed by atoms with E-state index in [9.17, 15) is 61.0 Å². The third-order valence-electron chi connectivity index (χ3n) is 17.5. The average molecular weight is 1360 g/mol. The predicted octanol–water partition coefficient (Wildman–Crippen LogP) is 10.8. The van der Waals surface area contributed by atoms with Gasteiger partial charge < -0.3 is 89.9 Å². The number of hydrogen-bond acceptors (Lipinski definition) is 18. The molecule has 19 heteroatoms. The van der Waals surface area contributed by atoms with Crippen LogP contribution in [0.3, 0.4) is 0 Å². The van der Waals surface area contributed by atoms with E-state index in [1.54, 1.807) is 6.08 Å². The van der Waals surface area contributed by atoms with E-state index in [4.69, 9.17) is 28.4 Å². The second-order valence-corrected chi connectivity index (χ2v) is 25.6. The fourth-order valence-electron chi connectivity index (χ4n) is 11.5. The summed E-state index contributed by atoms with van der Waals surface area (Å²) in [5.74, 6) is -0.294. The maximum Gasteiger partial charge on any atom is 0.220 e. The highest BCUT2D eigenvalue weighted by Crippen LogP contribution is 2.33. The smallest absolute Gasteiger partial charge is 0.220 e. The molecule has 17 unspecified atom stereocenters. The lowest BCUT2D eigenvalue weighted by Gasteiger charge is -2.48. The minimum Gasteiger partial charge on any atom is -0.394 e. The molecule has 3 aliphatic rings. The van der Waals surface area contributed by atoms with Crippen molar-refractivity contribution in [3.8, 4) is 0 Å². The van der Waals surface area contributed by atoms with Crippen molar-refractivity contribution in [1.82, 2.24) is 5.32 Å². The number of amides is 1. The molecule has 0 aromatic rings. The van der Waals surface area contributed by atoms with E-state index in [2.05, 4.69) is 129 Å². The lowest BCUT2D eigenvalue weighted by Crippen LogP contribution is -2.66. The van der Waals surface area contributed by atoms with Crippen LogP contribution in [0, 0.1) is 0 Å². The number of unbranched alkanes of at least 4 members (excludes halogenated alkanes) is 21. The van der Waals surface area contributed by atoms with Gasteiger partial charge in [0.15, 0.2) is 18.9 Å². The van der Waals surface area contributed by atoms with Crippen molar-refractivity contribution in [3.05, 3.63) is 122 Å². The maximum atomic E-state index is 13.4. The minimum absolute atomic E-state index is 0.227. The normalized spacial score (nSPS) is 27.8. The van der Waals surface area contributed by atoms with Crippen molar-refractivity contribution in [2.45, 2.75) is 330 Å². The molecule has 3 heterocycles. The molecule has 3 saturated heterocycles. The van der Waals surface area contributed by atoms with Crippen molar-refractivity contribution in [2.75, 3.05) is 26.4 Å². The Kier molecular flexibility index (Phi) is 51.2. The number of aliphatic hydroxyl groups excluding tert-OH is 11. The summed E-state index contributed by atoms with van der Waals surface area (Å²) in [7, 11) is 0. The zero-order valence-electron chi connectivity index (χ0n) is 58.3. The molecule has 3 aliphatic heterocycles. The van der Waals surface area contributed by atoms with Crippen LogP contribution in [0.25, 0.3) is 0 Å². The number of aliphatic hydroxyl groups is 11. The first-order valence-corrected chi connectivity index (χ1v) is 36.8. The van der Waals surface area contributed by atoms with Crippen LogP contribution in [0.15, 0.2) is 122 Å². The molecule has 1 amide bonds. The zero-order valence-corrected chi connectivity index (χ0v) is 58.3. The van der Waals surface area contributed by atoms with Crippen LogP contribution < -0.4 is 5.32 Å². The van der Waals surface area contributed by atoms with Crippen LogP contribution in [-0.4, -0.2) is 193 Å². The summed E-state index contributed by atoms with van der Waals surface area (Å²) in [5, 5.41) is 120. The summed E-state index contributed by atoms with van der Waals surface area (Å²) in [5.41, 5.74) is 0. The highest BCUT2D eigenvalue weighted by molar-refractivity contribution is 5.76. The fraction of sp³-hybridized carbons (Fsp3) is 0.727. The number of carbonyl (C=O) groups is 1. The average Bonchev–Trinajstić information content (AvgIpc) is 0.787. The Morgan fingerprint density at radius 1 is 0.385 bits per heavy atom. The summed E-state index contributed by atoms with van der Waals surface area (Å²) in [6, 6.07) is -1.00. The van der Waals surface area contributed by atoms with E-state index in [0.717, 1.165) is 89.9 Å². The molecule has 17 atom stereocenters. The van der Waals surface area contributed by atoms with E-state index in [-0.39, 0.29) is 18.9 Å². The molecule has 3 fully saturated rings. The standard InChI is InChI=1S/C77H129NO18/c1-3-5-7-9-11-13-15-17-18-19-20-21-22-23-24-25-26-27-28-29-30-31-32-33-34-35-36-37-38-39-40-41-42-43-45-47-49-51-53-55-65(83)78-60(61(82)54-52-50-48-46-44-16-14-12-10-8-6-4-2)59-91-75-71(89)68(86)73(63(57-80)93-75)96-77-72(90)69(87)74(64(58-81)94-77)95-76-70(88)67(85)66(84)62(56-79)92-76/h5,7,10-13,17-18,20-21,23-24,26-27,29-30,44,46,52,54,60-64,66-77,79-82,84-90H,3-4,6,8-9,14-16,19,22,25,28,31-43,45,47-51,53,55-59H2,1-2H3,(H,78,83)/b7-5-,12-10+,13-11-,18-17-,21-20-,24-23-,27-26-,30-29-,46-44+,54-52+. The van der Waals surface area contributed by atoms with Crippen LogP contribution in [0.1, 0.15) is 226 Å². The highest BCUT2D eigenvalue weighted by atomic mass is 16.8. The summed E-state index contributed by atoms with van der Waals surface area (Å²) in [6.45, 7) is 1.52. The first kappa shape index (κ1) is 86.4. The molecule has 0 bridgehead atoms. The van der Waals surface area contributed by atoms with Crippen LogP contribution in [0.2, 0.25) is 0 Å². The number of nitrogens with one attached hydrogen (secondary N) is 1. The molecule has 0 aromatic carbocycles. The van der Waals surface area contributed by atoms with Gasteiger partial charge >= 0.3 is 0 Å². The molecule has 0 aromatic heterocycles. The highest BCUT2D eigenvalue weighted by Gasteiger charge is 2.53. The van der Waals surface area contributed by atoms with Gasteiger partial charge in [-0.1, -0.05) is 245 Å². The first-order valence-electron chi connectivity index (χ1n) is 36.8. The van der Waals surface area contributed by atoms with Gasteiger partial charge in [0.1, 0.15) is 73.2 Å². The number of carbonyl (C=O) groups excluding carboxylic acids is 1. The van der Waals surface area contributed by atoms with E-state index < -0.39 is 124 Å². The van der Waals surface area contributed by atoms with Gasteiger partial charge in [0.2, 0.25) is 5.91 Å². The van der Waals surface area contributed by atoms with Gasteiger partial charge in [-0.2, -0.15) is 0 Å². The quantitative estimate of drug-likeness (QED) is 0.0199. The van der Waals surface area contributed by atoms with E-state index in [1.165, 1.54) is 103 Å². The molecule has 0 spiro atoms. The van der Waals surface area contributed by atoms with Crippen LogP contribution >= 0.6 is 0 Å². The Morgan fingerprint density at radius 3 is 1.17 bits per heavy atom. The lowest BCUT2D eigenvalue weighted by atomic mass is 9.96. The molecule has 12 N–H and O–H groups in total. The number of rotatable bonds is 55. The van der Waals surface area contributed by atoms with Crippen molar-refractivity contribution in [3.63, 3.8) is 0 Å². The van der Waals surface area contributed by atoms with Gasteiger partial charge in [-0.25, -0.2) is 0 Å². The molecular formula is C77H129NO18.